The molecule has 0 atom stereocenters. The number of anilines is 2. The first-order valence-electron chi connectivity index (χ1n) is 10.5. The molecule has 7 nitrogen and oxygen atoms in total. The Morgan fingerprint density at radius 3 is 2.35 bits per heavy atom. The Kier molecular flexibility index (Phi) is 6.86. The highest BCUT2D eigenvalue weighted by molar-refractivity contribution is 6.39. The van der Waals surface area contributed by atoms with Crippen LogP contribution in [0.5, 0.6) is 0 Å². The van der Waals surface area contributed by atoms with Crippen molar-refractivity contribution in [1.82, 2.24) is 15.1 Å². The lowest BCUT2D eigenvalue weighted by molar-refractivity contribution is 0.0602. The molecular weight excluding hydrogens is 475 g/mol. The van der Waals surface area contributed by atoms with E-state index < -0.39 is 5.97 Å². The quantitative estimate of drug-likeness (QED) is 0.305. The van der Waals surface area contributed by atoms with E-state index in [-0.39, 0.29) is 17.1 Å². The molecule has 9 heteroatoms. The van der Waals surface area contributed by atoms with E-state index in [1.54, 1.807) is 25.1 Å². The van der Waals surface area contributed by atoms with E-state index >= 15 is 0 Å². The number of hydrogen-bond donors (Lipinski definition) is 1. The number of rotatable bonds is 6. The van der Waals surface area contributed by atoms with Gasteiger partial charge >= 0.3 is 5.97 Å². The first-order chi connectivity index (χ1) is 16.3. The van der Waals surface area contributed by atoms with Crippen molar-refractivity contribution in [3.05, 3.63) is 86.3 Å². The van der Waals surface area contributed by atoms with Gasteiger partial charge in [0.25, 0.3) is 0 Å². The predicted octanol–water partition coefficient (Wildman–Crippen LogP) is 6.48. The van der Waals surface area contributed by atoms with Gasteiger partial charge in [0.1, 0.15) is 17.3 Å². The number of halogens is 2. The van der Waals surface area contributed by atoms with Gasteiger partial charge in [0.15, 0.2) is 5.56 Å². The highest BCUT2D eigenvalue weighted by Gasteiger charge is 2.28. The van der Waals surface area contributed by atoms with Gasteiger partial charge in [-0.3, -0.25) is 0 Å². The number of methoxy groups -OCH3 is 1. The van der Waals surface area contributed by atoms with Crippen molar-refractivity contribution in [3.8, 4) is 11.3 Å². The summed E-state index contributed by atoms with van der Waals surface area (Å²) in [6, 6.07) is 13.2. The molecule has 0 amide bonds. The third kappa shape index (κ3) is 4.76. The van der Waals surface area contributed by atoms with E-state index in [1.807, 2.05) is 13.8 Å². The molecule has 2 aromatic heterocycles. The van der Waals surface area contributed by atoms with Gasteiger partial charge in [-0.2, -0.15) is 0 Å². The summed E-state index contributed by atoms with van der Waals surface area (Å²) in [5.41, 5.74) is 4.55. The van der Waals surface area contributed by atoms with Crippen molar-refractivity contribution in [1.29, 1.82) is 0 Å². The summed E-state index contributed by atoms with van der Waals surface area (Å²) in [4.78, 5) is 21.9. The lowest BCUT2D eigenvalue weighted by Gasteiger charge is -2.13. The Balaban J connectivity index is 1.81. The maximum absolute atomic E-state index is 12.8. The Hall–Kier alpha value is -3.42. The molecule has 0 aliphatic rings. The molecule has 4 rings (SSSR count). The minimum atomic E-state index is -0.655. The number of nitrogens with one attached hydrogen (secondary N) is 1. The molecular formula is C25H22Cl2N4O3. The van der Waals surface area contributed by atoms with Crippen LogP contribution in [0.15, 0.2) is 47.0 Å². The summed E-state index contributed by atoms with van der Waals surface area (Å²) < 4.78 is 10.5. The average Bonchev–Trinajstić information content (AvgIpc) is 3.19. The molecule has 0 saturated carbocycles. The first-order valence-corrected chi connectivity index (χ1v) is 11.2. The van der Waals surface area contributed by atoms with E-state index in [1.165, 1.54) is 12.7 Å². The van der Waals surface area contributed by atoms with Crippen molar-refractivity contribution in [2.24, 2.45) is 0 Å². The van der Waals surface area contributed by atoms with Crippen LogP contribution in [0, 0.1) is 20.8 Å². The SMILES string of the molecule is COC(=O)c1c(-c2c(Cl)cccc2Cl)noc1Nc1nc(C)nc(C)c1Cc1ccc(C)cc1. The van der Waals surface area contributed by atoms with E-state index in [4.69, 9.17) is 32.5 Å². The largest absolute Gasteiger partial charge is 0.465 e. The number of benzene rings is 2. The number of esters is 1. The van der Waals surface area contributed by atoms with Gasteiger partial charge in [-0.15, -0.1) is 0 Å². The molecule has 1 N–H and O–H groups in total. The van der Waals surface area contributed by atoms with Crippen LogP contribution in [0.1, 0.15) is 38.6 Å². The molecule has 2 aromatic carbocycles. The molecule has 34 heavy (non-hydrogen) atoms. The van der Waals surface area contributed by atoms with Crippen molar-refractivity contribution >= 4 is 40.9 Å². The van der Waals surface area contributed by atoms with Gasteiger partial charge in [0.2, 0.25) is 5.88 Å². The van der Waals surface area contributed by atoms with Crippen LogP contribution in [0.3, 0.4) is 0 Å². The average molecular weight is 497 g/mol. The standard InChI is InChI=1S/C25H22Cl2N4O3/c1-13-8-10-16(11-9-13)12-17-14(2)28-15(3)29-23(17)30-24-21(25(32)33-4)22(31-34-24)20-18(26)6-5-7-19(20)27/h5-11H,12H2,1-4H3,(H,28,29,30). The van der Waals surface area contributed by atoms with Crippen molar-refractivity contribution in [2.75, 3.05) is 12.4 Å². The minimum absolute atomic E-state index is 0.0627. The second-order valence-corrected chi connectivity index (χ2v) is 8.61. The van der Waals surface area contributed by atoms with E-state index in [9.17, 15) is 4.79 Å². The zero-order valence-corrected chi connectivity index (χ0v) is 20.6. The minimum Gasteiger partial charge on any atom is -0.465 e. The summed E-state index contributed by atoms with van der Waals surface area (Å²) in [6.45, 7) is 5.75. The van der Waals surface area contributed by atoms with Gasteiger partial charge in [0, 0.05) is 23.2 Å². The third-order valence-electron chi connectivity index (χ3n) is 5.34. The molecule has 0 fully saturated rings. The molecule has 0 spiro atoms. The van der Waals surface area contributed by atoms with Crippen LogP contribution in [0.2, 0.25) is 10.0 Å². The fourth-order valence-corrected chi connectivity index (χ4v) is 4.21. The van der Waals surface area contributed by atoms with E-state index in [0.717, 1.165) is 16.8 Å². The zero-order valence-electron chi connectivity index (χ0n) is 19.1. The summed E-state index contributed by atoms with van der Waals surface area (Å²) in [7, 11) is 1.28. The third-order valence-corrected chi connectivity index (χ3v) is 5.97. The summed E-state index contributed by atoms with van der Waals surface area (Å²) in [5.74, 6) is 0.489. The van der Waals surface area contributed by atoms with Crippen LogP contribution in [0.4, 0.5) is 11.7 Å². The second-order valence-electron chi connectivity index (χ2n) is 7.79. The van der Waals surface area contributed by atoms with Crippen molar-refractivity contribution in [3.63, 3.8) is 0 Å². The highest BCUT2D eigenvalue weighted by Crippen LogP contribution is 2.39. The maximum atomic E-state index is 12.8. The van der Waals surface area contributed by atoms with Gasteiger partial charge in [-0.25, -0.2) is 14.8 Å². The first kappa shape index (κ1) is 23.7. The number of carbonyl (C=O) groups excluding carboxylic acids is 1. The van der Waals surface area contributed by atoms with Crippen LogP contribution < -0.4 is 5.32 Å². The highest BCUT2D eigenvalue weighted by atomic mass is 35.5. The van der Waals surface area contributed by atoms with Crippen LogP contribution >= 0.6 is 23.2 Å². The molecule has 174 valence electrons. The molecule has 0 bridgehead atoms. The molecule has 4 aromatic rings. The van der Waals surface area contributed by atoms with Crippen LogP contribution in [0.25, 0.3) is 11.3 Å². The van der Waals surface area contributed by atoms with Crippen LogP contribution in [-0.4, -0.2) is 28.2 Å². The summed E-state index contributed by atoms with van der Waals surface area (Å²) >= 11 is 12.7. The van der Waals surface area contributed by atoms with Crippen molar-refractivity contribution in [2.45, 2.75) is 27.2 Å². The lowest BCUT2D eigenvalue weighted by atomic mass is 10.0. The van der Waals surface area contributed by atoms with Gasteiger partial charge in [-0.05, 0) is 38.5 Å². The number of hydrogen-bond acceptors (Lipinski definition) is 7. The van der Waals surface area contributed by atoms with Gasteiger partial charge < -0.3 is 14.6 Å². The number of aryl methyl sites for hydroxylation is 3. The Morgan fingerprint density at radius 1 is 1.03 bits per heavy atom. The zero-order chi connectivity index (χ0) is 24.4. The molecule has 0 aliphatic carbocycles. The maximum Gasteiger partial charge on any atom is 0.345 e. The molecule has 0 radical (unpaired) electrons. The number of nitrogens with zero attached hydrogens (tertiary/aromatic N) is 3. The van der Waals surface area contributed by atoms with E-state index in [0.29, 0.717) is 33.7 Å². The Labute approximate surface area is 207 Å². The Bertz CT molecular complexity index is 1350. The fraction of sp³-hybridized carbons (Fsp3) is 0.200. The number of ether oxygens (including phenoxy) is 1. The second kappa shape index (κ2) is 9.83. The molecule has 2 heterocycles. The molecule has 0 unspecified atom stereocenters. The van der Waals surface area contributed by atoms with E-state index in [2.05, 4.69) is 44.7 Å². The summed E-state index contributed by atoms with van der Waals surface area (Å²) in [6.07, 6.45) is 0.583. The van der Waals surface area contributed by atoms with Gasteiger partial charge in [0.05, 0.1) is 17.2 Å². The van der Waals surface area contributed by atoms with Crippen molar-refractivity contribution < 1.29 is 14.1 Å². The monoisotopic (exact) mass is 496 g/mol. The predicted molar refractivity (Wildman–Crippen MR) is 132 cm³/mol. The smallest absolute Gasteiger partial charge is 0.345 e. The van der Waals surface area contributed by atoms with Crippen LogP contribution in [-0.2, 0) is 11.2 Å². The lowest BCUT2D eigenvalue weighted by Crippen LogP contribution is -2.09. The van der Waals surface area contributed by atoms with Gasteiger partial charge in [-0.1, -0.05) is 64.3 Å². The topological polar surface area (TPSA) is 90.1 Å². The Morgan fingerprint density at radius 2 is 1.71 bits per heavy atom. The fourth-order valence-electron chi connectivity index (χ4n) is 3.63. The number of carbonyl (C=O) groups is 1. The number of aromatic nitrogens is 3. The molecule has 0 saturated heterocycles. The normalized spacial score (nSPS) is 10.9. The molecule has 0 aliphatic heterocycles. The summed E-state index contributed by atoms with van der Waals surface area (Å²) in [5, 5.41) is 7.87.